The van der Waals surface area contributed by atoms with E-state index in [0.717, 1.165) is 0 Å². The van der Waals surface area contributed by atoms with Crippen LogP contribution in [0.2, 0.25) is 0 Å². The normalized spacial score (nSPS) is 10.1. The van der Waals surface area contributed by atoms with Crippen molar-refractivity contribution >= 4 is 17.3 Å². The third-order valence-electron chi connectivity index (χ3n) is 2.41. The Bertz CT molecular complexity index is 577. The Morgan fingerprint density at radius 1 is 1.47 bits per heavy atom. The van der Waals surface area contributed by atoms with E-state index in [1.807, 2.05) is 0 Å². The lowest BCUT2D eigenvalue weighted by molar-refractivity contribution is -0.384. The first-order valence-electron chi connectivity index (χ1n) is 5.23. The standard InChI is InChI=1S/C11H9N3O5/c15-11(16)8-2-1-3-9(14(17)18)10(8)12-6-7-4-5-19-13-7/h1-5,12H,6H2,(H,15,16). The van der Waals surface area contributed by atoms with Crippen LogP contribution in [0.4, 0.5) is 11.4 Å². The maximum Gasteiger partial charge on any atom is 0.338 e. The fourth-order valence-corrected chi connectivity index (χ4v) is 1.56. The average Bonchev–Trinajstić information content (AvgIpc) is 2.88. The molecule has 0 unspecified atom stereocenters. The second-order valence-electron chi connectivity index (χ2n) is 3.61. The van der Waals surface area contributed by atoms with Crippen molar-refractivity contribution in [2.24, 2.45) is 0 Å². The Balaban J connectivity index is 2.35. The van der Waals surface area contributed by atoms with Crippen molar-refractivity contribution < 1.29 is 19.3 Å². The van der Waals surface area contributed by atoms with Crippen LogP contribution in [0, 0.1) is 10.1 Å². The Labute approximate surface area is 106 Å². The number of para-hydroxylation sites is 1. The Kier molecular flexibility index (Phi) is 3.42. The van der Waals surface area contributed by atoms with Crippen LogP contribution in [-0.2, 0) is 6.54 Å². The molecular formula is C11H9N3O5. The number of rotatable bonds is 5. The van der Waals surface area contributed by atoms with Gasteiger partial charge in [0.25, 0.3) is 5.69 Å². The number of aromatic nitrogens is 1. The molecule has 0 fully saturated rings. The summed E-state index contributed by atoms with van der Waals surface area (Å²) in [5.41, 5.74) is -0.0152. The number of carbonyl (C=O) groups is 1. The highest BCUT2D eigenvalue weighted by atomic mass is 16.6. The number of nitro benzene ring substituents is 1. The first-order valence-corrected chi connectivity index (χ1v) is 5.23. The minimum absolute atomic E-state index is 0.0528. The summed E-state index contributed by atoms with van der Waals surface area (Å²) in [6, 6.07) is 5.42. The average molecular weight is 263 g/mol. The largest absolute Gasteiger partial charge is 0.478 e. The van der Waals surface area contributed by atoms with E-state index < -0.39 is 10.9 Å². The number of hydrogen-bond acceptors (Lipinski definition) is 6. The van der Waals surface area contributed by atoms with E-state index in [1.54, 1.807) is 6.07 Å². The van der Waals surface area contributed by atoms with Gasteiger partial charge in [0.15, 0.2) is 0 Å². The van der Waals surface area contributed by atoms with Gasteiger partial charge in [-0.15, -0.1) is 0 Å². The predicted octanol–water partition coefficient (Wildman–Crippen LogP) is 1.89. The molecule has 0 spiro atoms. The third-order valence-corrected chi connectivity index (χ3v) is 2.41. The van der Waals surface area contributed by atoms with Crippen molar-refractivity contribution in [2.45, 2.75) is 6.54 Å². The number of benzene rings is 1. The van der Waals surface area contributed by atoms with Gasteiger partial charge in [-0.3, -0.25) is 10.1 Å². The van der Waals surface area contributed by atoms with E-state index in [2.05, 4.69) is 15.0 Å². The number of anilines is 1. The molecule has 19 heavy (non-hydrogen) atoms. The molecule has 1 heterocycles. The molecular weight excluding hydrogens is 254 g/mol. The summed E-state index contributed by atoms with van der Waals surface area (Å²) in [7, 11) is 0. The summed E-state index contributed by atoms with van der Waals surface area (Å²) >= 11 is 0. The number of hydrogen-bond donors (Lipinski definition) is 2. The van der Waals surface area contributed by atoms with Gasteiger partial charge in [0.2, 0.25) is 0 Å². The number of nitro groups is 1. The van der Waals surface area contributed by atoms with Crippen LogP contribution >= 0.6 is 0 Å². The van der Waals surface area contributed by atoms with Crippen LogP contribution in [-0.4, -0.2) is 21.2 Å². The Morgan fingerprint density at radius 2 is 2.26 bits per heavy atom. The molecule has 8 heteroatoms. The van der Waals surface area contributed by atoms with E-state index in [0.29, 0.717) is 5.69 Å². The van der Waals surface area contributed by atoms with Crippen molar-refractivity contribution in [3.05, 3.63) is 51.9 Å². The van der Waals surface area contributed by atoms with Crippen LogP contribution in [0.1, 0.15) is 16.1 Å². The van der Waals surface area contributed by atoms with E-state index in [1.165, 1.54) is 24.5 Å². The van der Waals surface area contributed by atoms with Gasteiger partial charge in [0, 0.05) is 12.1 Å². The first kappa shape index (κ1) is 12.6. The topological polar surface area (TPSA) is 118 Å². The SMILES string of the molecule is O=C(O)c1cccc([N+](=O)[O-])c1NCc1ccon1. The number of nitrogens with one attached hydrogen (secondary N) is 1. The summed E-state index contributed by atoms with van der Waals surface area (Å²) < 4.78 is 4.62. The van der Waals surface area contributed by atoms with Crippen molar-refractivity contribution in [2.75, 3.05) is 5.32 Å². The van der Waals surface area contributed by atoms with E-state index >= 15 is 0 Å². The molecule has 0 aliphatic rings. The second kappa shape index (κ2) is 5.17. The number of carboxylic acids is 1. The van der Waals surface area contributed by atoms with Crippen molar-refractivity contribution in [3.8, 4) is 0 Å². The summed E-state index contributed by atoms with van der Waals surface area (Å²) in [5, 5.41) is 26.3. The van der Waals surface area contributed by atoms with Crippen molar-refractivity contribution in [1.82, 2.24) is 5.16 Å². The number of carboxylic acid groups (broad SMARTS) is 1. The Morgan fingerprint density at radius 3 is 2.84 bits per heavy atom. The number of aromatic carboxylic acids is 1. The molecule has 0 aliphatic heterocycles. The molecule has 0 saturated carbocycles. The Hall–Kier alpha value is -2.90. The molecule has 98 valence electrons. The van der Waals surface area contributed by atoms with Gasteiger partial charge in [0.1, 0.15) is 17.6 Å². The summed E-state index contributed by atoms with van der Waals surface area (Å²) in [6.45, 7) is 0.127. The zero-order valence-electron chi connectivity index (χ0n) is 9.57. The first-order chi connectivity index (χ1) is 9.09. The van der Waals surface area contributed by atoms with E-state index in [-0.39, 0.29) is 23.5 Å². The van der Waals surface area contributed by atoms with Gasteiger partial charge in [-0.1, -0.05) is 11.2 Å². The minimum atomic E-state index is -1.24. The molecule has 0 bridgehead atoms. The van der Waals surface area contributed by atoms with Crippen LogP contribution < -0.4 is 5.32 Å². The van der Waals surface area contributed by atoms with Crippen molar-refractivity contribution in [3.63, 3.8) is 0 Å². The van der Waals surface area contributed by atoms with Crippen LogP contribution in [0.3, 0.4) is 0 Å². The predicted molar refractivity (Wildman–Crippen MR) is 63.9 cm³/mol. The molecule has 0 amide bonds. The molecule has 2 rings (SSSR count). The van der Waals surface area contributed by atoms with Crippen LogP contribution in [0.5, 0.6) is 0 Å². The second-order valence-corrected chi connectivity index (χ2v) is 3.61. The minimum Gasteiger partial charge on any atom is -0.478 e. The van der Waals surface area contributed by atoms with Gasteiger partial charge < -0.3 is 14.9 Å². The molecule has 2 N–H and O–H groups in total. The highest BCUT2D eigenvalue weighted by Crippen LogP contribution is 2.28. The van der Waals surface area contributed by atoms with Gasteiger partial charge in [0.05, 0.1) is 17.0 Å². The monoisotopic (exact) mass is 263 g/mol. The zero-order valence-corrected chi connectivity index (χ0v) is 9.57. The number of nitrogens with zero attached hydrogens (tertiary/aromatic N) is 2. The molecule has 0 atom stereocenters. The van der Waals surface area contributed by atoms with Gasteiger partial charge in [-0.2, -0.15) is 0 Å². The maximum atomic E-state index is 11.1. The fraction of sp³-hybridized carbons (Fsp3) is 0.0909. The lowest BCUT2D eigenvalue weighted by Gasteiger charge is -2.08. The molecule has 0 radical (unpaired) electrons. The maximum absolute atomic E-state index is 11.1. The summed E-state index contributed by atoms with van der Waals surface area (Å²) in [4.78, 5) is 21.3. The van der Waals surface area contributed by atoms with E-state index in [4.69, 9.17) is 5.11 Å². The fourth-order valence-electron chi connectivity index (χ4n) is 1.56. The molecule has 0 aliphatic carbocycles. The van der Waals surface area contributed by atoms with Crippen LogP contribution in [0.25, 0.3) is 0 Å². The molecule has 1 aromatic carbocycles. The lowest BCUT2D eigenvalue weighted by atomic mass is 10.1. The molecule has 8 nitrogen and oxygen atoms in total. The van der Waals surface area contributed by atoms with Gasteiger partial charge in [-0.25, -0.2) is 4.79 Å². The summed E-state index contributed by atoms with van der Waals surface area (Å²) in [6.07, 6.45) is 1.36. The third kappa shape index (κ3) is 2.68. The van der Waals surface area contributed by atoms with Crippen molar-refractivity contribution in [1.29, 1.82) is 0 Å². The van der Waals surface area contributed by atoms with Crippen LogP contribution in [0.15, 0.2) is 35.1 Å². The molecule has 2 aromatic rings. The zero-order chi connectivity index (χ0) is 13.8. The lowest BCUT2D eigenvalue weighted by Crippen LogP contribution is -2.09. The quantitative estimate of drug-likeness (QED) is 0.624. The highest BCUT2D eigenvalue weighted by Gasteiger charge is 2.21. The summed E-state index contributed by atoms with van der Waals surface area (Å²) in [5.74, 6) is -1.24. The van der Waals surface area contributed by atoms with E-state index in [9.17, 15) is 14.9 Å². The molecule has 1 aromatic heterocycles. The van der Waals surface area contributed by atoms with Gasteiger partial charge >= 0.3 is 5.97 Å². The highest BCUT2D eigenvalue weighted by molar-refractivity contribution is 5.96. The van der Waals surface area contributed by atoms with Gasteiger partial charge in [-0.05, 0) is 6.07 Å². The molecule has 0 saturated heterocycles. The smallest absolute Gasteiger partial charge is 0.338 e.